The summed E-state index contributed by atoms with van der Waals surface area (Å²) in [6, 6.07) is 26.1. The molecular formula is C31H30N2O4. The number of carbonyl (C=O) groups is 3. The molecule has 0 saturated carbocycles. The monoisotopic (exact) mass is 494 g/mol. The summed E-state index contributed by atoms with van der Waals surface area (Å²) in [6.45, 7) is 7.14. The molecule has 37 heavy (non-hydrogen) atoms. The van der Waals surface area contributed by atoms with Crippen LogP contribution in [-0.4, -0.2) is 28.2 Å². The third-order valence-electron chi connectivity index (χ3n) is 5.81. The molecule has 1 amide bonds. The van der Waals surface area contributed by atoms with Crippen molar-refractivity contribution in [1.82, 2.24) is 10.2 Å². The van der Waals surface area contributed by atoms with Gasteiger partial charge in [0.15, 0.2) is 5.78 Å². The van der Waals surface area contributed by atoms with Crippen molar-refractivity contribution in [2.75, 3.05) is 0 Å². The Morgan fingerprint density at radius 3 is 1.86 bits per heavy atom. The lowest BCUT2D eigenvalue weighted by Crippen LogP contribution is -2.46. The fourth-order valence-electron chi connectivity index (χ4n) is 4.20. The summed E-state index contributed by atoms with van der Waals surface area (Å²) in [7, 11) is 0. The summed E-state index contributed by atoms with van der Waals surface area (Å²) in [5, 5.41) is 3.16. The average molecular weight is 495 g/mol. The molecule has 1 atom stereocenters. The van der Waals surface area contributed by atoms with Gasteiger partial charge < -0.3 is 10.1 Å². The fourth-order valence-corrected chi connectivity index (χ4v) is 4.20. The minimum absolute atomic E-state index is 0.269. The van der Waals surface area contributed by atoms with E-state index < -0.39 is 17.6 Å². The summed E-state index contributed by atoms with van der Waals surface area (Å²) in [6.07, 6.45) is 1.40. The first-order chi connectivity index (χ1) is 17.7. The van der Waals surface area contributed by atoms with Crippen LogP contribution in [0.25, 0.3) is 0 Å². The maximum absolute atomic E-state index is 14.0. The van der Waals surface area contributed by atoms with E-state index in [4.69, 9.17) is 4.74 Å². The maximum Gasteiger partial charge on any atom is 0.338 e. The molecule has 6 nitrogen and oxygen atoms in total. The van der Waals surface area contributed by atoms with Crippen molar-refractivity contribution >= 4 is 17.7 Å². The smallest absolute Gasteiger partial charge is 0.338 e. The van der Waals surface area contributed by atoms with Gasteiger partial charge in [-0.1, -0.05) is 78.9 Å². The molecule has 4 rings (SSSR count). The molecule has 1 aliphatic heterocycles. The standard InChI is InChI=1S/C31H30N2O4/c1-21-27(30(36)37-31(2,3)4)28(23-16-10-6-11-17-23)33(29(35)24-18-12-7-13-19-24)26(32-21)20-25(34)22-14-8-5-9-15-22/h5-20,28,32H,1-4H3/b26-20+. The topological polar surface area (TPSA) is 75.7 Å². The molecule has 0 saturated heterocycles. The van der Waals surface area contributed by atoms with Crippen LogP contribution in [0.5, 0.6) is 0 Å². The maximum atomic E-state index is 14.0. The van der Waals surface area contributed by atoms with Crippen molar-refractivity contribution in [3.63, 3.8) is 0 Å². The van der Waals surface area contributed by atoms with Gasteiger partial charge in [0.1, 0.15) is 11.4 Å². The van der Waals surface area contributed by atoms with Crippen LogP contribution >= 0.6 is 0 Å². The van der Waals surface area contributed by atoms with E-state index >= 15 is 0 Å². The van der Waals surface area contributed by atoms with Crippen LogP contribution in [0.1, 0.15) is 60.0 Å². The SMILES string of the molecule is CC1=C(C(=O)OC(C)(C)C)C(c2ccccc2)N(C(=O)c2ccccc2)/C(=C/C(=O)c2ccccc2)N1. The van der Waals surface area contributed by atoms with Gasteiger partial charge in [-0.3, -0.25) is 14.5 Å². The largest absolute Gasteiger partial charge is 0.456 e. The molecule has 1 aliphatic rings. The van der Waals surface area contributed by atoms with Crippen molar-refractivity contribution in [1.29, 1.82) is 0 Å². The van der Waals surface area contributed by atoms with Gasteiger partial charge in [0.05, 0.1) is 11.6 Å². The summed E-state index contributed by atoms with van der Waals surface area (Å²) in [5.41, 5.74) is 1.69. The molecule has 0 bridgehead atoms. The van der Waals surface area contributed by atoms with Gasteiger partial charge in [-0.15, -0.1) is 0 Å². The number of ketones is 1. The molecule has 0 spiro atoms. The number of nitrogens with one attached hydrogen (secondary N) is 1. The Balaban J connectivity index is 1.92. The van der Waals surface area contributed by atoms with Crippen LogP contribution in [0.3, 0.4) is 0 Å². The van der Waals surface area contributed by atoms with Crippen LogP contribution in [-0.2, 0) is 9.53 Å². The Labute approximate surface area is 217 Å². The zero-order valence-electron chi connectivity index (χ0n) is 21.4. The summed E-state index contributed by atoms with van der Waals surface area (Å²) in [5.74, 6) is -0.885. The third-order valence-corrected chi connectivity index (χ3v) is 5.81. The first-order valence-corrected chi connectivity index (χ1v) is 12.1. The molecule has 1 N–H and O–H groups in total. The predicted octanol–water partition coefficient (Wildman–Crippen LogP) is 5.81. The van der Waals surface area contributed by atoms with E-state index in [-0.39, 0.29) is 17.5 Å². The lowest BCUT2D eigenvalue weighted by Gasteiger charge is -2.40. The van der Waals surface area contributed by atoms with E-state index in [1.807, 2.05) is 42.5 Å². The predicted molar refractivity (Wildman–Crippen MR) is 142 cm³/mol. The number of benzene rings is 3. The van der Waals surface area contributed by atoms with Gasteiger partial charge in [0.2, 0.25) is 0 Å². The minimum Gasteiger partial charge on any atom is -0.456 e. The molecular weight excluding hydrogens is 464 g/mol. The molecule has 0 radical (unpaired) electrons. The van der Waals surface area contributed by atoms with Crippen molar-refractivity contribution < 1.29 is 19.1 Å². The van der Waals surface area contributed by atoms with E-state index in [0.29, 0.717) is 28.0 Å². The van der Waals surface area contributed by atoms with Crippen molar-refractivity contribution in [2.24, 2.45) is 0 Å². The van der Waals surface area contributed by atoms with E-state index in [1.54, 1.807) is 76.2 Å². The number of esters is 1. The Morgan fingerprint density at radius 1 is 0.811 bits per heavy atom. The third kappa shape index (κ3) is 5.86. The zero-order valence-corrected chi connectivity index (χ0v) is 21.4. The number of hydrogen-bond acceptors (Lipinski definition) is 5. The lowest BCUT2D eigenvalue weighted by molar-refractivity contribution is -0.150. The number of allylic oxidation sites excluding steroid dienone is 2. The molecule has 0 fully saturated rings. The number of amides is 1. The molecule has 3 aromatic rings. The Bertz CT molecular complexity index is 1350. The number of rotatable bonds is 5. The van der Waals surface area contributed by atoms with Gasteiger partial charge in [-0.2, -0.15) is 0 Å². The Morgan fingerprint density at radius 2 is 1.32 bits per heavy atom. The number of carbonyl (C=O) groups excluding carboxylic acids is 3. The molecule has 3 aromatic carbocycles. The summed E-state index contributed by atoms with van der Waals surface area (Å²) >= 11 is 0. The van der Waals surface area contributed by atoms with Crippen molar-refractivity contribution in [2.45, 2.75) is 39.3 Å². The van der Waals surface area contributed by atoms with Gasteiger partial charge in [0.25, 0.3) is 5.91 Å². The quantitative estimate of drug-likeness (QED) is 0.275. The van der Waals surface area contributed by atoms with E-state index in [1.165, 1.54) is 11.0 Å². The minimum atomic E-state index is -0.820. The first-order valence-electron chi connectivity index (χ1n) is 12.1. The highest BCUT2D eigenvalue weighted by atomic mass is 16.6. The highest BCUT2D eigenvalue weighted by molar-refractivity contribution is 6.06. The second-order valence-electron chi connectivity index (χ2n) is 9.78. The summed E-state index contributed by atoms with van der Waals surface area (Å²) < 4.78 is 5.76. The van der Waals surface area contributed by atoms with Gasteiger partial charge >= 0.3 is 5.97 Å². The van der Waals surface area contributed by atoms with Crippen LogP contribution < -0.4 is 5.32 Å². The van der Waals surface area contributed by atoms with Crippen LogP contribution in [0.15, 0.2) is 114 Å². The Kier molecular flexibility index (Phi) is 7.39. The molecule has 1 heterocycles. The van der Waals surface area contributed by atoms with E-state index in [9.17, 15) is 14.4 Å². The number of ether oxygens (including phenoxy) is 1. The molecule has 6 heteroatoms. The molecule has 188 valence electrons. The van der Waals surface area contributed by atoms with Crippen LogP contribution in [0.4, 0.5) is 0 Å². The molecule has 0 aliphatic carbocycles. The van der Waals surface area contributed by atoms with E-state index in [2.05, 4.69) is 5.32 Å². The Hall–Kier alpha value is -4.45. The average Bonchev–Trinajstić information content (AvgIpc) is 2.88. The molecule has 1 unspecified atom stereocenters. The van der Waals surface area contributed by atoms with Gasteiger partial charge in [-0.05, 0) is 45.4 Å². The second kappa shape index (κ2) is 10.7. The van der Waals surface area contributed by atoms with Gasteiger partial charge in [-0.25, -0.2) is 4.79 Å². The van der Waals surface area contributed by atoms with Crippen molar-refractivity contribution in [3.8, 4) is 0 Å². The highest BCUT2D eigenvalue weighted by Crippen LogP contribution is 2.38. The van der Waals surface area contributed by atoms with Crippen LogP contribution in [0, 0.1) is 0 Å². The normalized spacial score (nSPS) is 16.8. The second-order valence-corrected chi connectivity index (χ2v) is 9.78. The van der Waals surface area contributed by atoms with E-state index in [0.717, 1.165) is 0 Å². The zero-order chi connectivity index (χ0) is 26.6. The molecule has 0 aromatic heterocycles. The highest BCUT2D eigenvalue weighted by Gasteiger charge is 2.41. The van der Waals surface area contributed by atoms with Gasteiger partial charge in [0, 0.05) is 22.9 Å². The number of hydrogen-bond donors (Lipinski definition) is 1. The summed E-state index contributed by atoms with van der Waals surface area (Å²) in [4.78, 5) is 42.2. The van der Waals surface area contributed by atoms with Crippen molar-refractivity contribution in [3.05, 3.63) is 131 Å². The fraction of sp³-hybridized carbons (Fsp3) is 0.194. The lowest BCUT2D eigenvalue weighted by atomic mass is 9.92. The van der Waals surface area contributed by atoms with Crippen LogP contribution in [0.2, 0.25) is 0 Å². The first kappa shape index (κ1) is 25.6. The number of nitrogens with zero attached hydrogens (tertiary/aromatic N) is 1.